The highest BCUT2D eigenvalue weighted by atomic mass is 32.2. The molecule has 2 aromatic carbocycles. The van der Waals surface area contributed by atoms with Gasteiger partial charge >= 0.3 is 0 Å². The molecule has 1 atom stereocenters. The number of benzene rings is 2. The topological polar surface area (TPSA) is 104 Å². The van der Waals surface area contributed by atoms with E-state index in [-0.39, 0.29) is 23.3 Å². The molecule has 156 valence electrons. The maximum Gasteiger partial charge on any atom is 0.258 e. The zero-order valence-corrected chi connectivity index (χ0v) is 17.4. The van der Waals surface area contributed by atoms with Crippen LogP contribution < -0.4 is 10.2 Å². The lowest BCUT2D eigenvalue weighted by Crippen LogP contribution is -2.63. The Bertz CT molecular complexity index is 1160. The van der Waals surface area contributed by atoms with Gasteiger partial charge in [0.25, 0.3) is 5.91 Å². The Hall–Kier alpha value is -3.20. The molecule has 1 unspecified atom stereocenters. The summed E-state index contributed by atoms with van der Waals surface area (Å²) in [6.07, 6.45) is 1.83. The lowest BCUT2D eigenvalue weighted by molar-refractivity contribution is -0.120. The largest absolute Gasteiger partial charge is 0.325 e. The van der Waals surface area contributed by atoms with Crippen LogP contribution in [0.5, 0.6) is 0 Å². The summed E-state index contributed by atoms with van der Waals surface area (Å²) < 4.78 is 23.1. The summed E-state index contributed by atoms with van der Waals surface area (Å²) in [6, 6.07) is 12.7. The number of rotatable bonds is 4. The number of para-hydroxylation sites is 1. The van der Waals surface area contributed by atoms with Gasteiger partial charge in [0.2, 0.25) is 11.8 Å². The number of nitrogens with zero attached hydrogens (tertiary/aromatic N) is 2. The highest BCUT2D eigenvalue weighted by molar-refractivity contribution is 7.90. The number of carbonyl (C=O) groups is 3. The van der Waals surface area contributed by atoms with Gasteiger partial charge in [-0.15, -0.1) is 0 Å². The predicted molar refractivity (Wildman–Crippen MR) is 111 cm³/mol. The maximum atomic E-state index is 13.2. The summed E-state index contributed by atoms with van der Waals surface area (Å²) >= 11 is 0. The molecule has 2 aliphatic rings. The van der Waals surface area contributed by atoms with E-state index in [9.17, 15) is 22.8 Å². The van der Waals surface area contributed by atoms with Crippen LogP contribution in [0.2, 0.25) is 0 Å². The number of fused-ring (bicyclic) bond motifs is 3. The number of hydrogen-bond donors (Lipinski definition) is 1. The van der Waals surface area contributed by atoms with Crippen LogP contribution in [-0.4, -0.2) is 49.5 Å². The van der Waals surface area contributed by atoms with Gasteiger partial charge in [0.1, 0.15) is 12.2 Å². The summed E-state index contributed by atoms with van der Waals surface area (Å²) in [7, 11) is -3.33. The predicted octanol–water partition coefficient (Wildman–Crippen LogP) is 2.03. The average Bonchev–Trinajstić information content (AvgIpc) is 3.00. The fourth-order valence-electron chi connectivity index (χ4n) is 4.07. The van der Waals surface area contributed by atoms with Crippen LogP contribution in [0, 0.1) is 0 Å². The molecule has 1 N–H and O–H groups in total. The Morgan fingerprint density at radius 2 is 1.77 bits per heavy atom. The fourth-order valence-corrected chi connectivity index (χ4v) is 4.70. The SMILES string of the molecule is CC12CCC(=O)N1c1ccccc1C(=O)N2CC(=O)Nc1ccc(S(C)(=O)=O)cc1. The van der Waals surface area contributed by atoms with Crippen molar-refractivity contribution in [2.24, 2.45) is 0 Å². The van der Waals surface area contributed by atoms with Gasteiger partial charge in [-0.3, -0.25) is 19.3 Å². The third kappa shape index (κ3) is 3.24. The first-order chi connectivity index (χ1) is 14.1. The number of amides is 3. The molecule has 9 heteroatoms. The van der Waals surface area contributed by atoms with Crippen molar-refractivity contribution in [1.82, 2.24) is 4.90 Å². The standard InChI is InChI=1S/C21H21N3O5S/c1-21-12-11-19(26)24(21)17-6-4-3-5-16(17)20(27)23(21)13-18(25)22-14-7-9-15(10-8-14)30(2,28)29/h3-10H,11-13H2,1-2H3,(H,22,25). The quantitative estimate of drug-likeness (QED) is 0.804. The molecule has 0 aliphatic carbocycles. The molecular formula is C21H21N3O5S. The Labute approximate surface area is 174 Å². The van der Waals surface area contributed by atoms with Gasteiger partial charge in [0.05, 0.1) is 16.1 Å². The molecule has 3 amide bonds. The summed E-state index contributed by atoms with van der Waals surface area (Å²) in [5.41, 5.74) is 0.456. The van der Waals surface area contributed by atoms with Gasteiger partial charge in [-0.2, -0.15) is 0 Å². The summed E-state index contributed by atoms with van der Waals surface area (Å²) in [5.74, 6) is -0.823. The Morgan fingerprint density at radius 1 is 1.10 bits per heavy atom. The van der Waals surface area contributed by atoms with Crippen molar-refractivity contribution < 1.29 is 22.8 Å². The van der Waals surface area contributed by atoms with Crippen LogP contribution in [0.15, 0.2) is 53.4 Å². The molecule has 2 aromatic rings. The molecule has 2 aliphatic heterocycles. The van der Waals surface area contributed by atoms with E-state index in [1.807, 2.05) is 0 Å². The third-order valence-electron chi connectivity index (χ3n) is 5.61. The van der Waals surface area contributed by atoms with Gasteiger partial charge in [0.15, 0.2) is 9.84 Å². The molecule has 4 rings (SSSR count). The van der Waals surface area contributed by atoms with Gasteiger partial charge in [-0.1, -0.05) is 12.1 Å². The molecule has 0 aromatic heterocycles. The molecule has 0 radical (unpaired) electrons. The second-order valence-electron chi connectivity index (χ2n) is 7.70. The highest BCUT2D eigenvalue weighted by Gasteiger charge is 2.53. The van der Waals surface area contributed by atoms with Crippen molar-refractivity contribution in [1.29, 1.82) is 0 Å². The number of anilines is 2. The van der Waals surface area contributed by atoms with Crippen molar-refractivity contribution in [3.63, 3.8) is 0 Å². The maximum absolute atomic E-state index is 13.2. The van der Waals surface area contributed by atoms with E-state index in [0.29, 0.717) is 29.8 Å². The minimum absolute atomic E-state index is 0.0841. The van der Waals surface area contributed by atoms with E-state index in [2.05, 4.69) is 5.32 Å². The zero-order chi connectivity index (χ0) is 21.7. The number of sulfone groups is 1. The Balaban J connectivity index is 1.59. The molecule has 30 heavy (non-hydrogen) atoms. The van der Waals surface area contributed by atoms with Crippen LogP contribution >= 0.6 is 0 Å². The minimum Gasteiger partial charge on any atom is -0.325 e. The normalized spacial score (nSPS) is 20.7. The van der Waals surface area contributed by atoms with Crippen LogP contribution in [0.3, 0.4) is 0 Å². The molecule has 0 saturated carbocycles. The van der Waals surface area contributed by atoms with Gasteiger partial charge in [0, 0.05) is 18.4 Å². The smallest absolute Gasteiger partial charge is 0.258 e. The van der Waals surface area contributed by atoms with Crippen molar-refractivity contribution in [3.05, 3.63) is 54.1 Å². The molecule has 1 saturated heterocycles. The van der Waals surface area contributed by atoms with E-state index >= 15 is 0 Å². The molecule has 0 spiro atoms. The number of nitrogens with one attached hydrogen (secondary N) is 1. The van der Waals surface area contributed by atoms with Crippen LogP contribution in [0.1, 0.15) is 30.1 Å². The first kappa shape index (κ1) is 20.1. The van der Waals surface area contributed by atoms with E-state index < -0.39 is 21.4 Å². The van der Waals surface area contributed by atoms with Crippen LogP contribution in [-0.2, 0) is 19.4 Å². The molecule has 0 bridgehead atoms. The van der Waals surface area contributed by atoms with Gasteiger partial charge in [-0.25, -0.2) is 8.42 Å². The Morgan fingerprint density at radius 3 is 2.43 bits per heavy atom. The van der Waals surface area contributed by atoms with Crippen LogP contribution in [0.25, 0.3) is 0 Å². The van der Waals surface area contributed by atoms with Crippen molar-refractivity contribution in [2.45, 2.75) is 30.3 Å². The summed E-state index contributed by atoms with van der Waals surface area (Å²) in [5, 5.41) is 2.69. The molecule has 8 nitrogen and oxygen atoms in total. The van der Waals surface area contributed by atoms with E-state index in [4.69, 9.17) is 0 Å². The molecule has 2 heterocycles. The monoisotopic (exact) mass is 427 g/mol. The first-order valence-corrected chi connectivity index (χ1v) is 11.3. The second kappa shape index (κ2) is 6.94. The van der Waals surface area contributed by atoms with Crippen LogP contribution in [0.4, 0.5) is 11.4 Å². The van der Waals surface area contributed by atoms with Gasteiger partial charge in [-0.05, 0) is 49.7 Å². The average molecular weight is 427 g/mol. The minimum atomic E-state index is -3.33. The van der Waals surface area contributed by atoms with Crippen molar-refractivity contribution in [3.8, 4) is 0 Å². The lowest BCUT2D eigenvalue weighted by atomic mass is 9.98. The number of carbonyl (C=O) groups excluding carboxylic acids is 3. The van der Waals surface area contributed by atoms with E-state index in [1.165, 1.54) is 29.2 Å². The first-order valence-electron chi connectivity index (χ1n) is 9.45. The third-order valence-corrected chi connectivity index (χ3v) is 6.74. The summed E-state index contributed by atoms with van der Waals surface area (Å²) in [4.78, 5) is 41.6. The highest BCUT2D eigenvalue weighted by Crippen LogP contribution is 2.43. The second-order valence-corrected chi connectivity index (χ2v) is 9.72. The molecule has 1 fully saturated rings. The molecular weight excluding hydrogens is 406 g/mol. The zero-order valence-electron chi connectivity index (χ0n) is 16.6. The lowest BCUT2D eigenvalue weighted by Gasteiger charge is -2.48. The van der Waals surface area contributed by atoms with Gasteiger partial charge < -0.3 is 10.2 Å². The van der Waals surface area contributed by atoms with Crippen molar-refractivity contribution >= 4 is 38.9 Å². The number of hydrogen-bond acceptors (Lipinski definition) is 5. The Kier molecular flexibility index (Phi) is 4.65. The van der Waals surface area contributed by atoms with E-state index in [1.54, 1.807) is 36.1 Å². The fraction of sp³-hybridized carbons (Fsp3) is 0.286. The summed E-state index contributed by atoms with van der Waals surface area (Å²) in [6.45, 7) is 1.56. The van der Waals surface area contributed by atoms with Crippen molar-refractivity contribution in [2.75, 3.05) is 23.0 Å². The van der Waals surface area contributed by atoms with E-state index in [0.717, 1.165) is 6.26 Å².